The lowest BCUT2D eigenvalue weighted by molar-refractivity contribution is -0.0448. The van der Waals surface area contributed by atoms with Crippen molar-refractivity contribution in [1.82, 2.24) is 14.8 Å². The third-order valence-corrected chi connectivity index (χ3v) is 3.23. The number of hydrogen-bond donors (Lipinski definition) is 3. The van der Waals surface area contributed by atoms with Crippen molar-refractivity contribution < 1.29 is 14.9 Å². The fourth-order valence-electron chi connectivity index (χ4n) is 1.92. The van der Waals surface area contributed by atoms with Crippen LogP contribution in [0.3, 0.4) is 0 Å². The Labute approximate surface area is 107 Å². The maximum Gasteiger partial charge on any atom is 0.194 e. The average Bonchev–Trinajstić information content (AvgIpc) is 2.90. The molecular weight excluding hydrogens is 255 g/mol. The van der Waals surface area contributed by atoms with Gasteiger partial charge in [-0.2, -0.15) is 0 Å². The first kappa shape index (κ1) is 13.5. The summed E-state index contributed by atoms with van der Waals surface area (Å²) in [4.78, 5) is 3.94. The van der Waals surface area contributed by atoms with Gasteiger partial charge < -0.3 is 20.4 Å². The van der Waals surface area contributed by atoms with Crippen LogP contribution in [0.4, 0.5) is 0 Å². The van der Waals surface area contributed by atoms with Crippen LogP contribution in [-0.4, -0.2) is 55.2 Å². The fraction of sp³-hybridized carbons (Fsp3) is 0.700. The van der Waals surface area contributed by atoms with Crippen molar-refractivity contribution in [2.24, 2.45) is 0 Å². The van der Waals surface area contributed by atoms with Crippen LogP contribution in [-0.2, 0) is 4.74 Å². The Morgan fingerprint density at radius 3 is 2.83 bits per heavy atom. The van der Waals surface area contributed by atoms with Gasteiger partial charge >= 0.3 is 0 Å². The highest BCUT2D eigenvalue weighted by Gasteiger charge is 2.43. The third-order valence-electron chi connectivity index (χ3n) is 2.89. The molecule has 5 atom stereocenters. The molecule has 1 saturated heterocycles. The van der Waals surface area contributed by atoms with Crippen molar-refractivity contribution >= 4 is 15.0 Å². The van der Waals surface area contributed by atoms with E-state index in [1.807, 2.05) is 0 Å². The molecule has 2 rings (SSSR count). The van der Waals surface area contributed by atoms with E-state index >= 15 is 0 Å². The predicted molar refractivity (Wildman–Crippen MR) is 67.6 cm³/mol. The lowest BCUT2D eigenvalue weighted by atomic mass is 10.1. The van der Waals surface area contributed by atoms with Gasteiger partial charge in [-0.25, -0.2) is 9.67 Å². The number of aliphatic hydroxyl groups excluding tert-OH is 2. The van der Waals surface area contributed by atoms with Crippen LogP contribution < -0.4 is 0 Å². The fourth-order valence-corrected chi connectivity index (χ4v) is 2.25. The van der Waals surface area contributed by atoms with Gasteiger partial charge in [0.05, 0.1) is 11.8 Å². The summed E-state index contributed by atoms with van der Waals surface area (Å²) < 4.78 is 6.93. The normalized spacial score (nSPS) is 31.8. The monoisotopic (exact) mass is 272 g/mol. The minimum absolute atomic E-state index is 0.239. The third kappa shape index (κ3) is 2.44. The quantitative estimate of drug-likeness (QED) is 0.508. The molecule has 1 aromatic rings. The van der Waals surface area contributed by atoms with Crippen LogP contribution in [0.25, 0.3) is 0 Å². The molecule has 18 heavy (non-hydrogen) atoms. The van der Waals surface area contributed by atoms with Crippen LogP contribution in [0.5, 0.6) is 0 Å². The van der Waals surface area contributed by atoms with Gasteiger partial charge in [0.25, 0.3) is 0 Å². The zero-order valence-electron chi connectivity index (χ0n) is 10.0. The van der Waals surface area contributed by atoms with Crippen molar-refractivity contribution in [2.75, 3.05) is 6.16 Å². The molecule has 8 heteroatoms. The van der Waals surface area contributed by atoms with Crippen LogP contribution in [0, 0.1) is 5.41 Å². The van der Waals surface area contributed by atoms with Gasteiger partial charge in [0, 0.05) is 0 Å². The topological polar surface area (TPSA) is 104 Å². The number of rotatable bonds is 4. The first-order chi connectivity index (χ1) is 8.54. The highest BCUT2D eigenvalue weighted by molar-refractivity contribution is 7.16. The summed E-state index contributed by atoms with van der Waals surface area (Å²) in [5, 5.41) is 31.3. The zero-order chi connectivity index (χ0) is 13.3. The smallest absolute Gasteiger partial charge is 0.194 e. The molecule has 7 nitrogen and oxygen atoms in total. The first-order valence-electron chi connectivity index (χ1n) is 5.73. The van der Waals surface area contributed by atoms with E-state index in [4.69, 9.17) is 10.1 Å². The molecule has 0 bridgehead atoms. The second-order valence-corrected chi connectivity index (χ2v) is 4.87. The molecule has 100 valence electrons. The van der Waals surface area contributed by atoms with Gasteiger partial charge in [-0.05, 0) is 19.5 Å². The molecule has 3 N–H and O–H groups in total. The second kappa shape index (κ2) is 5.40. The molecule has 0 aliphatic carbocycles. The molecule has 0 saturated carbocycles. The molecule has 0 spiro atoms. The molecule has 1 aliphatic heterocycles. The average molecular weight is 272 g/mol. The summed E-state index contributed by atoms with van der Waals surface area (Å²) in [5.41, 5.74) is 0.239. The van der Waals surface area contributed by atoms with E-state index in [9.17, 15) is 10.2 Å². The van der Waals surface area contributed by atoms with Gasteiger partial charge in [-0.1, -0.05) is 0 Å². The summed E-state index contributed by atoms with van der Waals surface area (Å²) in [5.74, 6) is 0.287. The highest BCUT2D eigenvalue weighted by atomic mass is 31.0. The molecule has 2 heterocycles. The van der Waals surface area contributed by atoms with Crippen LogP contribution in [0.15, 0.2) is 6.33 Å². The highest BCUT2D eigenvalue weighted by Crippen LogP contribution is 2.30. The molecule has 5 unspecified atom stereocenters. The Morgan fingerprint density at radius 2 is 2.28 bits per heavy atom. The van der Waals surface area contributed by atoms with E-state index in [-0.39, 0.29) is 11.5 Å². The number of hydrogen-bond acceptors (Lipinski definition) is 6. The lowest BCUT2D eigenvalue weighted by Crippen LogP contribution is -2.31. The Hall–Kier alpha value is -0.880. The van der Waals surface area contributed by atoms with Crippen LogP contribution in [0.2, 0.25) is 0 Å². The molecule has 1 aromatic heterocycles. The van der Waals surface area contributed by atoms with Gasteiger partial charge in [0.2, 0.25) is 0 Å². The molecule has 1 fully saturated rings. The maximum atomic E-state index is 9.93. The number of nitrogens with zero attached hydrogens (tertiary/aromatic N) is 3. The standard InChI is InChI=1S/C10H17N4O3P/c1-5(11)9-12-4-14(13-9)10-8(16)7(15)6(17-10)2-3-18/h4,6-8,10-11,15-16H,2-3,18H2,1H3. The van der Waals surface area contributed by atoms with E-state index in [0.29, 0.717) is 6.42 Å². The van der Waals surface area contributed by atoms with E-state index < -0.39 is 24.5 Å². The summed E-state index contributed by atoms with van der Waals surface area (Å²) in [6.45, 7) is 1.58. The second-order valence-electron chi connectivity index (χ2n) is 4.30. The Kier molecular flexibility index (Phi) is 4.07. The minimum Gasteiger partial charge on any atom is -0.388 e. The van der Waals surface area contributed by atoms with E-state index in [1.54, 1.807) is 6.92 Å². The summed E-state index contributed by atoms with van der Waals surface area (Å²) in [6.07, 6.45) is -0.292. The zero-order valence-corrected chi connectivity index (χ0v) is 11.2. The van der Waals surface area contributed by atoms with Gasteiger partial charge in [-0.15, -0.1) is 14.3 Å². The van der Waals surface area contributed by atoms with E-state index in [2.05, 4.69) is 19.3 Å². The van der Waals surface area contributed by atoms with Crippen LogP contribution in [0.1, 0.15) is 25.4 Å². The van der Waals surface area contributed by atoms with E-state index in [1.165, 1.54) is 11.0 Å². The van der Waals surface area contributed by atoms with Crippen molar-refractivity contribution in [3.8, 4) is 0 Å². The van der Waals surface area contributed by atoms with Gasteiger partial charge in [0.15, 0.2) is 12.1 Å². The van der Waals surface area contributed by atoms with Crippen molar-refractivity contribution in [1.29, 1.82) is 5.41 Å². The van der Waals surface area contributed by atoms with Gasteiger partial charge in [-0.3, -0.25) is 0 Å². The molecule has 0 aromatic carbocycles. The predicted octanol–water partition coefficient (Wildman–Crippen LogP) is -0.450. The Morgan fingerprint density at radius 1 is 1.56 bits per heavy atom. The first-order valence-corrected chi connectivity index (χ1v) is 6.54. The van der Waals surface area contributed by atoms with E-state index in [0.717, 1.165) is 6.16 Å². The van der Waals surface area contributed by atoms with Crippen molar-refractivity contribution in [2.45, 2.75) is 37.9 Å². The van der Waals surface area contributed by atoms with Crippen LogP contribution >= 0.6 is 9.24 Å². The number of ether oxygens (including phenoxy) is 1. The lowest BCUT2D eigenvalue weighted by Gasteiger charge is -2.13. The Bertz CT molecular complexity index is 439. The SMILES string of the molecule is CC(=N)c1ncn(C2OC(CCP)C(O)C2O)n1. The number of nitrogens with one attached hydrogen (secondary N) is 1. The van der Waals surface area contributed by atoms with Gasteiger partial charge in [0.1, 0.15) is 18.5 Å². The summed E-state index contributed by atoms with van der Waals surface area (Å²) in [6, 6.07) is 0. The minimum atomic E-state index is -1.04. The maximum absolute atomic E-state index is 9.93. The van der Waals surface area contributed by atoms with Crippen molar-refractivity contribution in [3.05, 3.63) is 12.2 Å². The summed E-state index contributed by atoms with van der Waals surface area (Å²) >= 11 is 0. The number of aromatic nitrogens is 3. The Balaban J connectivity index is 2.15. The molecular formula is C10H17N4O3P. The molecule has 0 radical (unpaired) electrons. The van der Waals surface area contributed by atoms with Crippen molar-refractivity contribution in [3.63, 3.8) is 0 Å². The summed E-state index contributed by atoms with van der Waals surface area (Å²) in [7, 11) is 2.56. The molecule has 1 aliphatic rings. The largest absolute Gasteiger partial charge is 0.388 e. The number of aliphatic hydroxyl groups is 2. The molecule has 0 amide bonds.